The maximum atomic E-state index is 12.6. The number of rotatable bonds is 5. The molecule has 0 aliphatic carbocycles. The standard InChI is InChI=1S/C18H26N2O5S/c1-13-9-14(11-19)12-20(13)18(21)5-8-26(22,23)15-3-4-16-17(10-15)25-7-2-6-24-16/h3-4,10,13-14H,2,5-9,11-12,19H2,1H3. The molecule has 7 nitrogen and oxygen atoms in total. The van der Waals surface area contributed by atoms with E-state index >= 15 is 0 Å². The molecule has 144 valence electrons. The molecular weight excluding hydrogens is 356 g/mol. The lowest BCUT2D eigenvalue weighted by atomic mass is 10.1. The van der Waals surface area contributed by atoms with Crippen molar-refractivity contribution in [1.29, 1.82) is 0 Å². The van der Waals surface area contributed by atoms with Gasteiger partial charge in [0.1, 0.15) is 0 Å². The second kappa shape index (κ2) is 7.84. The first-order valence-corrected chi connectivity index (χ1v) is 10.7. The predicted octanol–water partition coefficient (Wildman–Crippen LogP) is 1.21. The summed E-state index contributed by atoms with van der Waals surface area (Å²) < 4.78 is 36.4. The van der Waals surface area contributed by atoms with Gasteiger partial charge in [0.25, 0.3) is 0 Å². The van der Waals surface area contributed by atoms with E-state index < -0.39 is 9.84 Å². The molecule has 2 aliphatic heterocycles. The maximum absolute atomic E-state index is 12.6. The molecule has 1 saturated heterocycles. The minimum Gasteiger partial charge on any atom is -0.490 e. The molecule has 0 spiro atoms. The zero-order valence-corrected chi connectivity index (χ0v) is 15.8. The number of nitrogens with zero attached hydrogens (tertiary/aromatic N) is 1. The van der Waals surface area contributed by atoms with Crippen molar-refractivity contribution >= 4 is 15.7 Å². The van der Waals surface area contributed by atoms with Crippen molar-refractivity contribution in [3.8, 4) is 11.5 Å². The van der Waals surface area contributed by atoms with Crippen LogP contribution in [0, 0.1) is 5.92 Å². The van der Waals surface area contributed by atoms with Crippen molar-refractivity contribution in [2.75, 3.05) is 32.1 Å². The van der Waals surface area contributed by atoms with E-state index in [2.05, 4.69) is 0 Å². The Balaban J connectivity index is 1.66. The Morgan fingerprint density at radius 1 is 1.27 bits per heavy atom. The molecule has 1 aromatic carbocycles. The van der Waals surface area contributed by atoms with E-state index in [1.54, 1.807) is 11.0 Å². The van der Waals surface area contributed by atoms with Crippen LogP contribution >= 0.6 is 0 Å². The molecule has 0 bridgehead atoms. The van der Waals surface area contributed by atoms with Crippen LogP contribution in [0.3, 0.4) is 0 Å². The topological polar surface area (TPSA) is 98.9 Å². The number of carbonyl (C=O) groups excluding carboxylic acids is 1. The van der Waals surface area contributed by atoms with Gasteiger partial charge in [0.05, 0.1) is 23.9 Å². The molecule has 0 saturated carbocycles. The van der Waals surface area contributed by atoms with Gasteiger partial charge in [-0.3, -0.25) is 4.79 Å². The van der Waals surface area contributed by atoms with Gasteiger partial charge in [-0.25, -0.2) is 8.42 Å². The Kier molecular flexibility index (Phi) is 5.72. The van der Waals surface area contributed by atoms with E-state index in [4.69, 9.17) is 15.2 Å². The first-order chi connectivity index (χ1) is 12.4. The van der Waals surface area contributed by atoms with Crippen LogP contribution < -0.4 is 15.2 Å². The number of benzene rings is 1. The largest absolute Gasteiger partial charge is 0.490 e. The lowest BCUT2D eigenvalue weighted by Crippen LogP contribution is -2.35. The van der Waals surface area contributed by atoms with Gasteiger partial charge in [-0.05, 0) is 37.9 Å². The number of sulfone groups is 1. The van der Waals surface area contributed by atoms with Gasteiger partial charge < -0.3 is 20.1 Å². The summed E-state index contributed by atoms with van der Waals surface area (Å²) in [6.45, 7) is 4.17. The summed E-state index contributed by atoms with van der Waals surface area (Å²) in [5.74, 6) is 0.936. The SMILES string of the molecule is CC1CC(CN)CN1C(=O)CCS(=O)(=O)c1ccc2c(c1)OCCCO2. The van der Waals surface area contributed by atoms with Crippen LogP contribution in [-0.2, 0) is 14.6 Å². The van der Waals surface area contributed by atoms with E-state index in [1.165, 1.54) is 12.1 Å². The molecular formula is C18H26N2O5S. The maximum Gasteiger partial charge on any atom is 0.223 e. The van der Waals surface area contributed by atoms with E-state index in [-0.39, 0.29) is 29.0 Å². The Labute approximate surface area is 154 Å². The number of likely N-dealkylation sites (tertiary alicyclic amines) is 1. The van der Waals surface area contributed by atoms with E-state index in [0.717, 1.165) is 12.8 Å². The third kappa shape index (κ3) is 4.12. The Morgan fingerprint density at radius 3 is 2.69 bits per heavy atom. The Bertz CT molecular complexity index is 765. The molecule has 2 N–H and O–H groups in total. The molecule has 1 amide bonds. The number of fused-ring (bicyclic) bond motifs is 1. The van der Waals surface area contributed by atoms with E-state index in [0.29, 0.717) is 43.7 Å². The summed E-state index contributed by atoms with van der Waals surface area (Å²) in [6, 6.07) is 4.72. The zero-order chi connectivity index (χ0) is 18.7. The molecule has 8 heteroatoms. The molecule has 2 unspecified atom stereocenters. The average Bonchev–Trinajstić information content (AvgIpc) is 2.85. The van der Waals surface area contributed by atoms with Crippen LogP contribution in [0.1, 0.15) is 26.2 Å². The van der Waals surface area contributed by atoms with E-state index in [9.17, 15) is 13.2 Å². The van der Waals surface area contributed by atoms with Crippen LogP contribution in [-0.4, -0.2) is 57.3 Å². The fourth-order valence-corrected chi connectivity index (χ4v) is 4.72. The summed E-state index contributed by atoms with van der Waals surface area (Å²) in [5.41, 5.74) is 5.69. The molecule has 2 heterocycles. The second-order valence-corrected chi connectivity index (χ2v) is 9.07. The molecule has 2 atom stereocenters. The minimum absolute atomic E-state index is 0.0294. The molecule has 3 rings (SSSR count). The number of hydrogen-bond donors (Lipinski definition) is 1. The number of amides is 1. The van der Waals surface area contributed by atoms with Gasteiger partial charge in [0.2, 0.25) is 5.91 Å². The highest BCUT2D eigenvalue weighted by Gasteiger charge is 2.32. The van der Waals surface area contributed by atoms with Crippen molar-refractivity contribution in [2.45, 2.75) is 37.1 Å². The second-order valence-electron chi connectivity index (χ2n) is 6.96. The highest BCUT2D eigenvalue weighted by atomic mass is 32.2. The zero-order valence-electron chi connectivity index (χ0n) is 15.0. The number of nitrogens with two attached hydrogens (primary N) is 1. The van der Waals surface area contributed by atoms with Crippen molar-refractivity contribution in [2.24, 2.45) is 11.7 Å². The number of hydrogen-bond acceptors (Lipinski definition) is 6. The van der Waals surface area contributed by atoms with Gasteiger partial charge in [-0.15, -0.1) is 0 Å². The first kappa shape index (κ1) is 19.0. The molecule has 26 heavy (non-hydrogen) atoms. The van der Waals surface area contributed by atoms with Gasteiger partial charge in [0.15, 0.2) is 21.3 Å². The van der Waals surface area contributed by atoms with Crippen LogP contribution in [0.4, 0.5) is 0 Å². The lowest BCUT2D eigenvalue weighted by molar-refractivity contribution is -0.131. The number of ether oxygens (including phenoxy) is 2. The quantitative estimate of drug-likeness (QED) is 0.822. The van der Waals surface area contributed by atoms with Gasteiger partial charge >= 0.3 is 0 Å². The molecule has 1 fully saturated rings. The van der Waals surface area contributed by atoms with Crippen molar-refractivity contribution in [1.82, 2.24) is 4.90 Å². The Morgan fingerprint density at radius 2 is 2.00 bits per heavy atom. The summed E-state index contributed by atoms with van der Waals surface area (Å²) in [7, 11) is -3.57. The number of carbonyl (C=O) groups is 1. The minimum atomic E-state index is -3.57. The van der Waals surface area contributed by atoms with Crippen molar-refractivity contribution in [3.05, 3.63) is 18.2 Å². The van der Waals surface area contributed by atoms with Gasteiger partial charge in [0, 0.05) is 31.5 Å². The molecule has 0 radical (unpaired) electrons. The molecule has 2 aliphatic rings. The normalized spacial score (nSPS) is 22.9. The van der Waals surface area contributed by atoms with Gasteiger partial charge in [-0.1, -0.05) is 0 Å². The monoisotopic (exact) mass is 382 g/mol. The summed E-state index contributed by atoms with van der Waals surface area (Å²) in [4.78, 5) is 14.4. The van der Waals surface area contributed by atoms with Crippen LogP contribution in [0.15, 0.2) is 23.1 Å². The summed E-state index contributed by atoms with van der Waals surface area (Å²) >= 11 is 0. The fourth-order valence-electron chi connectivity index (χ4n) is 3.48. The smallest absolute Gasteiger partial charge is 0.223 e. The third-order valence-corrected chi connectivity index (χ3v) is 6.69. The van der Waals surface area contributed by atoms with Gasteiger partial charge in [-0.2, -0.15) is 0 Å². The highest BCUT2D eigenvalue weighted by Crippen LogP contribution is 2.32. The molecule has 0 aromatic heterocycles. The summed E-state index contributed by atoms with van der Waals surface area (Å²) in [6.07, 6.45) is 1.60. The van der Waals surface area contributed by atoms with Crippen molar-refractivity contribution in [3.63, 3.8) is 0 Å². The van der Waals surface area contributed by atoms with Crippen LogP contribution in [0.5, 0.6) is 11.5 Å². The van der Waals surface area contributed by atoms with Crippen molar-refractivity contribution < 1.29 is 22.7 Å². The average molecular weight is 382 g/mol. The molecule has 1 aromatic rings. The third-order valence-electron chi connectivity index (χ3n) is 4.98. The highest BCUT2D eigenvalue weighted by molar-refractivity contribution is 7.91. The van der Waals surface area contributed by atoms with Crippen LogP contribution in [0.25, 0.3) is 0 Å². The van der Waals surface area contributed by atoms with E-state index in [1.807, 2.05) is 6.92 Å². The lowest BCUT2D eigenvalue weighted by Gasteiger charge is -2.21. The Hall–Kier alpha value is -1.80. The summed E-state index contributed by atoms with van der Waals surface area (Å²) in [5, 5.41) is 0. The first-order valence-electron chi connectivity index (χ1n) is 9.02. The predicted molar refractivity (Wildman–Crippen MR) is 97.1 cm³/mol. The fraction of sp³-hybridized carbons (Fsp3) is 0.611. The van der Waals surface area contributed by atoms with Crippen LogP contribution in [0.2, 0.25) is 0 Å².